The van der Waals surface area contributed by atoms with Crippen molar-refractivity contribution in [3.05, 3.63) is 86.6 Å². The molecule has 0 aliphatic rings. The standard InChI is InChI=1S/C25H28N6O4/c1-16-10-8-9-13-20(16)35-15-19(32)14-31-21-22(29(3)25(34)30(4)23(21)33)26-24(31)28-27-17(2)18-11-6-5-7-12-18/h5-13,19,32H,14-15H2,1-4H3,(H,26,28)/b27-17+/t19-/m1/s1. The van der Waals surface area contributed by atoms with Crippen molar-refractivity contribution in [2.45, 2.75) is 26.5 Å². The number of aliphatic hydroxyl groups excluding tert-OH is 1. The topological polar surface area (TPSA) is 116 Å². The van der Waals surface area contributed by atoms with E-state index in [9.17, 15) is 14.7 Å². The van der Waals surface area contributed by atoms with Crippen LogP contribution in [-0.4, -0.2) is 42.2 Å². The molecule has 0 amide bonds. The summed E-state index contributed by atoms with van der Waals surface area (Å²) in [5.41, 5.74) is 4.84. The van der Waals surface area contributed by atoms with E-state index in [1.165, 1.54) is 16.2 Å². The van der Waals surface area contributed by atoms with Crippen LogP contribution in [0.2, 0.25) is 0 Å². The van der Waals surface area contributed by atoms with Crippen LogP contribution in [0.3, 0.4) is 0 Å². The highest BCUT2D eigenvalue weighted by atomic mass is 16.5. The first kappa shape index (κ1) is 24.0. The second-order valence-electron chi connectivity index (χ2n) is 8.33. The highest BCUT2D eigenvalue weighted by Gasteiger charge is 2.21. The number of hydrazone groups is 1. The van der Waals surface area contributed by atoms with Gasteiger partial charge in [-0.1, -0.05) is 48.5 Å². The lowest BCUT2D eigenvalue weighted by Gasteiger charge is -2.16. The van der Waals surface area contributed by atoms with Gasteiger partial charge in [-0.25, -0.2) is 10.2 Å². The fourth-order valence-corrected chi connectivity index (χ4v) is 3.76. The predicted octanol–water partition coefficient (Wildman–Crippen LogP) is 2.02. The van der Waals surface area contributed by atoms with E-state index < -0.39 is 17.4 Å². The van der Waals surface area contributed by atoms with Gasteiger partial charge in [-0.3, -0.25) is 13.9 Å². The van der Waals surface area contributed by atoms with Crippen LogP contribution in [0.25, 0.3) is 11.2 Å². The molecule has 0 aliphatic heterocycles. The number of aromatic nitrogens is 4. The lowest BCUT2D eigenvalue weighted by molar-refractivity contribution is 0.0935. The van der Waals surface area contributed by atoms with Crippen molar-refractivity contribution in [3.63, 3.8) is 0 Å². The van der Waals surface area contributed by atoms with Crippen molar-refractivity contribution in [1.29, 1.82) is 0 Å². The van der Waals surface area contributed by atoms with Gasteiger partial charge in [-0.15, -0.1) is 0 Å². The molecule has 1 atom stereocenters. The van der Waals surface area contributed by atoms with Gasteiger partial charge in [-0.2, -0.15) is 10.1 Å². The van der Waals surface area contributed by atoms with Crippen LogP contribution >= 0.6 is 0 Å². The quantitative estimate of drug-likeness (QED) is 0.297. The van der Waals surface area contributed by atoms with Crippen molar-refractivity contribution in [1.82, 2.24) is 18.7 Å². The molecule has 182 valence electrons. The van der Waals surface area contributed by atoms with Crippen molar-refractivity contribution < 1.29 is 9.84 Å². The van der Waals surface area contributed by atoms with E-state index in [2.05, 4.69) is 15.5 Å². The number of hydrogen-bond acceptors (Lipinski definition) is 7. The van der Waals surface area contributed by atoms with E-state index in [1.807, 2.05) is 68.4 Å². The Morgan fingerprint density at radius 2 is 1.77 bits per heavy atom. The number of aliphatic hydroxyl groups is 1. The molecule has 0 radical (unpaired) electrons. The molecule has 10 nitrogen and oxygen atoms in total. The second-order valence-corrected chi connectivity index (χ2v) is 8.33. The minimum Gasteiger partial charge on any atom is -0.491 e. The second kappa shape index (κ2) is 9.98. The molecule has 2 aromatic heterocycles. The Kier molecular flexibility index (Phi) is 6.83. The van der Waals surface area contributed by atoms with E-state index in [0.717, 1.165) is 15.7 Å². The summed E-state index contributed by atoms with van der Waals surface area (Å²) in [6, 6.07) is 17.1. The van der Waals surface area contributed by atoms with Gasteiger partial charge in [0.1, 0.15) is 18.5 Å². The Labute approximate surface area is 201 Å². The molecule has 2 aromatic carbocycles. The summed E-state index contributed by atoms with van der Waals surface area (Å²) in [7, 11) is 2.95. The number of imidazole rings is 1. The zero-order chi connectivity index (χ0) is 25.1. The van der Waals surface area contributed by atoms with Gasteiger partial charge in [-0.05, 0) is 31.0 Å². The van der Waals surface area contributed by atoms with Crippen LogP contribution in [0.1, 0.15) is 18.1 Å². The first-order valence-electron chi connectivity index (χ1n) is 11.2. The lowest BCUT2D eigenvalue weighted by Crippen LogP contribution is -2.38. The van der Waals surface area contributed by atoms with Gasteiger partial charge < -0.3 is 14.4 Å². The van der Waals surface area contributed by atoms with E-state index in [-0.39, 0.29) is 30.3 Å². The number of anilines is 1. The lowest BCUT2D eigenvalue weighted by atomic mass is 10.1. The highest BCUT2D eigenvalue weighted by molar-refractivity contribution is 5.99. The van der Waals surface area contributed by atoms with Crippen molar-refractivity contribution in [2.24, 2.45) is 19.2 Å². The maximum absolute atomic E-state index is 13.0. The third-order valence-corrected chi connectivity index (χ3v) is 5.78. The number of hydrogen-bond donors (Lipinski definition) is 2. The molecule has 0 fully saturated rings. The number of nitrogens with one attached hydrogen (secondary N) is 1. The van der Waals surface area contributed by atoms with E-state index in [1.54, 1.807) is 7.05 Å². The van der Waals surface area contributed by atoms with E-state index >= 15 is 0 Å². The van der Waals surface area contributed by atoms with Crippen LogP contribution in [0, 0.1) is 6.92 Å². The van der Waals surface area contributed by atoms with Gasteiger partial charge in [0.2, 0.25) is 5.95 Å². The molecule has 35 heavy (non-hydrogen) atoms. The third-order valence-electron chi connectivity index (χ3n) is 5.78. The SMILES string of the molecule is C/C(=N\Nc1nc2c(c(=O)n(C)c(=O)n2C)n1C[C@@H](O)COc1ccccc1C)c1ccccc1. The third kappa shape index (κ3) is 4.87. The number of benzene rings is 2. The summed E-state index contributed by atoms with van der Waals surface area (Å²) in [4.78, 5) is 29.9. The van der Waals surface area contributed by atoms with Gasteiger partial charge in [0, 0.05) is 14.1 Å². The minimum atomic E-state index is -0.964. The predicted molar refractivity (Wildman–Crippen MR) is 135 cm³/mol. The number of fused-ring (bicyclic) bond motifs is 1. The van der Waals surface area contributed by atoms with Crippen molar-refractivity contribution in [2.75, 3.05) is 12.0 Å². The molecule has 0 saturated carbocycles. The fourth-order valence-electron chi connectivity index (χ4n) is 3.76. The Morgan fingerprint density at radius 3 is 2.49 bits per heavy atom. The van der Waals surface area contributed by atoms with E-state index in [0.29, 0.717) is 11.5 Å². The number of ether oxygens (including phenoxy) is 1. The first-order valence-corrected chi connectivity index (χ1v) is 11.2. The summed E-state index contributed by atoms with van der Waals surface area (Å²) in [5, 5.41) is 15.2. The molecule has 10 heteroatoms. The van der Waals surface area contributed by atoms with Crippen molar-refractivity contribution >= 4 is 22.8 Å². The van der Waals surface area contributed by atoms with Crippen LogP contribution in [0.4, 0.5) is 5.95 Å². The Bertz CT molecular complexity index is 1500. The maximum atomic E-state index is 13.0. The number of para-hydroxylation sites is 1. The van der Waals surface area contributed by atoms with Crippen LogP contribution in [-0.2, 0) is 20.6 Å². The zero-order valence-electron chi connectivity index (χ0n) is 20.1. The smallest absolute Gasteiger partial charge is 0.332 e. The number of aryl methyl sites for hydroxylation is 2. The Hall–Kier alpha value is -4.18. The zero-order valence-corrected chi connectivity index (χ0v) is 20.1. The molecule has 0 aliphatic carbocycles. The first-order chi connectivity index (χ1) is 16.8. The van der Waals surface area contributed by atoms with Crippen molar-refractivity contribution in [3.8, 4) is 5.75 Å². The van der Waals surface area contributed by atoms with Crippen LogP contribution in [0.15, 0.2) is 69.3 Å². The van der Waals surface area contributed by atoms with E-state index in [4.69, 9.17) is 4.74 Å². The maximum Gasteiger partial charge on any atom is 0.332 e. The highest BCUT2D eigenvalue weighted by Crippen LogP contribution is 2.19. The molecular weight excluding hydrogens is 448 g/mol. The minimum absolute atomic E-state index is 0.00192. The largest absolute Gasteiger partial charge is 0.491 e. The number of rotatable bonds is 8. The summed E-state index contributed by atoms with van der Waals surface area (Å²) in [6.07, 6.45) is -0.964. The molecule has 2 N–H and O–H groups in total. The summed E-state index contributed by atoms with van der Waals surface area (Å²) in [6.45, 7) is 3.76. The Morgan fingerprint density at radius 1 is 1.09 bits per heavy atom. The molecule has 2 heterocycles. The molecule has 4 aromatic rings. The monoisotopic (exact) mass is 476 g/mol. The molecular formula is C25H28N6O4. The Balaban J connectivity index is 1.70. The van der Waals surface area contributed by atoms with Crippen LogP contribution < -0.4 is 21.4 Å². The average Bonchev–Trinajstić information content (AvgIpc) is 3.22. The molecule has 4 rings (SSSR count). The van der Waals surface area contributed by atoms with Gasteiger partial charge in [0.05, 0.1) is 12.3 Å². The summed E-state index contributed by atoms with van der Waals surface area (Å²) in [5.74, 6) is 0.894. The molecule has 0 spiro atoms. The van der Waals surface area contributed by atoms with Gasteiger partial charge in [0.25, 0.3) is 5.56 Å². The van der Waals surface area contributed by atoms with Gasteiger partial charge >= 0.3 is 5.69 Å². The fraction of sp³-hybridized carbons (Fsp3) is 0.280. The normalized spacial score (nSPS) is 12.7. The summed E-state index contributed by atoms with van der Waals surface area (Å²) >= 11 is 0. The molecule has 0 bridgehead atoms. The summed E-state index contributed by atoms with van der Waals surface area (Å²) < 4.78 is 9.62. The van der Waals surface area contributed by atoms with Gasteiger partial charge in [0.15, 0.2) is 11.2 Å². The average molecular weight is 477 g/mol. The van der Waals surface area contributed by atoms with Crippen LogP contribution in [0.5, 0.6) is 5.75 Å². The molecule has 0 unspecified atom stereocenters. The molecule has 0 saturated heterocycles. The number of nitrogens with zero attached hydrogens (tertiary/aromatic N) is 5.